The van der Waals surface area contributed by atoms with E-state index in [-0.39, 0.29) is 11.5 Å². The van der Waals surface area contributed by atoms with Gasteiger partial charge < -0.3 is 30.2 Å². The van der Waals surface area contributed by atoms with E-state index in [0.717, 1.165) is 0 Å². The first-order chi connectivity index (χ1) is 11.9. The first kappa shape index (κ1) is 19.1. The van der Waals surface area contributed by atoms with E-state index in [2.05, 4.69) is 0 Å². The highest BCUT2D eigenvalue weighted by Gasteiger charge is 2.46. The van der Waals surface area contributed by atoms with Gasteiger partial charge in [0.1, 0.15) is 12.9 Å². The van der Waals surface area contributed by atoms with E-state index in [1.165, 1.54) is 30.2 Å². The van der Waals surface area contributed by atoms with Crippen molar-refractivity contribution in [2.75, 3.05) is 40.0 Å². The number of hydrogen-bond donors (Lipinski definition) is 3. The summed E-state index contributed by atoms with van der Waals surface area (Å²) in [6.45, 7) is 0.834. The Labute approximate surface area is 144 Å². The molecule has 1 aliphatic heterocycles. The van der Waals surface area contributed by atoms with E-state index in [0.29, 0.717) is 38.2 Å². The van der Waals surface area contributed by atoms with Gasteiger partial charge >= 0.3 is 0 Å². The molecule has 1 fully saturated rings. The van der Waals surface area contributed by atoms with Crippen molar-refractivity contribution in [1.29, 1.82) is 0 Å². The number of benzene rings is 1. The van der Waals surface area contributed by atoms with E-state index in [9.17, 15) is 19.8 Å². The zero-order valence-corrected chi connectivity index (χ0v) is 13.9. The SMILES string of the molecule is COc1cc(C=O)ccc1OCC(O)(C(O)C(N)=O)N1CCOCC1. The largest absolute Gasteiger partial charge is 0.493 e. The lowest BCUT2D eigenvalue weighted by Gasteiger charge is -2.42. The van der Waals surface area contributed by atoms with E-state index in [4.69, 9.17) is 19.9 Å². The highest BCUT2D eigenvalue weighted by molar-refractivity contribution is 5.80. The molecule has 0 bridgehead atoms. The number of nitrogens with two attached hydrogens (primary N) is 1. The highest BCUT2D eigenvalue weighted by atomic mass is 16.5. The first-order valence-corrected chi connectivity index (χ1v) is 7.71. The molecule has 9 nitrogen and oxygen atoms in total. The highest BCUT2D eigenvalue weighted by Crippen LogP contribution is 2.29. The molecule has 1 saturated heterocycles. The molecular weight excluding hydrogens is 332 g/mol. The Balaban J connectivity index is 2.22. The maximum absolute atomic E-state index is 11.4. The third-order valence-corrected chi connectivity index (χ3v) is 4.03. The summed E-state index contributed by atoms with van der Waals surface area (Å²) in [5, 5.41) is 21.0. The van der Waals surface area contributed by atoms with Crippen molar-refractivity contribution in [2.45, 2.75) is 11.8 Å². The molecule has 9 heteroatoms. The number of aliphatic hydroxyl groups excluding tert-OH is 1. The van der Waals surface area contributed by atoms with Gasteiger partial charge in [-0.2, -0.15) is 0 Å². The summed E-state index contributed by atoms with van der Waals surface area (Å²) in [6.07, 6.45) is -1.20. The third-order valence-electron chi connectivity index (χ3n) is 4.03. The van der Waals surface area contributed by atoms with Gasteiger partial charge in [0.15, 0.2) is 23.3 Å². The van der Waals surface area contributed by atoms with Crippen LogP contribution in [0.2, 0.25) is 0 Å². The number of aliphatic hydroxyl groups is 2. The molecule has 1 aromatic rings. The van der Waals surface area contributed by atoms with Crippen molar-refractivity contribution >= 4 is 12.2 Å². The van der Waals surface area contributed by atoms with Gasteiger partial charge in [-0.3, -0.25) is 14.5 Å². The van der Waals surface area contributed by atoms with E-state index in [1.807, 2.05) is 0 Å². The van der Waals surface area contributed by atoms with Crippen LogP contribution in [-0.2, 0) is 9.53 Å². The molecular formula is C16H22N2O7. The first-order valence-electron chi connectivity index (χ1n) is 7.71. The lowest BCUT2D eigenvalue weighted by atomic mass is 10.0. The second kappa shape index (κ2) is 8.26. The van der Waals surface area contributed by atoms with Crippen LogP contribution >= 0.6 is 0 Å². The van der Waals surface area contributed by atoms with Crippen LogP contribution in [0.5, 0.6) is 11.5 Å². The summed E-state index contributed by atoms with van der Waals surface area (Å²) >= 11 is 0. The standard InChI is InChI=1S/C16H22N2O7/c1-23-13-8-11(9-19)2-3-12(13)25-10-16(22,14(20)15(17)21)18-4-6-24-7-5-18/h2-3,8-9,14,20,22H,4-7,10H2,1H3,(H2,17,21). The van der Waals surface area contributed by atoms with Crippen LogP contribution in [0.15, 0.2) is 18.2 Å². The van der Waals surface area contributed by atoms with Gasteiger partial charge in [0, 0.05) is 18.7 Å². The molecule has 1 aliphatic rings. The monoisotopic (exact) mass is 354 g/mol. The number of hydrogen-bond acceptors (Lipinski definition) is 8. The summed E-state index contributed by atoms with van der Waals surface area (Å²) in [5.74, 6) is -0.542. The number of morpholine rings is 1. The molecule has 0 aromatic heterocycles. The number of methoxy groups -OCH3 is 1. The quantitative estimate of drug-likeness (QED) is 0.494. The Kier molecular flexibility index (Phi) is 6.32. The Hall–Kier alpha value is -2.20. The van der Waals surface area contributed by atoms with Crippen LogP contribution in [-0.4, -0.2) is 79.2 Å². The molecule has 2 atom stereocenters. The van der Waals surface area contributed by atoms with Crippen LogP contribution in [0.1, 0.15) is 10.4 Å². The van der Waals surface area contributed by atoms with Crippen LogP contribution in [0.4, 0.5) is 0 Å². The summed E-state index contributed by atoms with van der Waals surface area (Å²) in [5.41, 5.74) is 3.54. The lowest BCUT2D eigenvalue weighted by molar-refractivity contribution is -0.211. The molecule has 0 radical (unpaired) electrons. The number of primary amides is 1. The Morgan fingerprint density at radius 1 is 1.44 bits per heavy atom. The number of ether oxygens (including phenoxy) is 3. The van der Waals surface area contributed by atoms with Crippen LogP contribution in [0.3, 0.4) is 0 Å². The Morgan fingerprint density at radius 2 is 2.12 bits per heavy atom. The maximum atomic E-state index is 11.4. The molecule has 0 spiro atoms. The van der Waals surface area contributed by atoms with Crippen LogP contribution in [0.25, 0.3) is 0 Å². The zero-order valence-electron chi connectivity index (χ0n) is 13.9. The van der Waals surface area contributed by atoms with Crippen molar-refractivity contribution in [2.24, 2.45) is 5.73 Å². The average Bonchev–Trinajstić information content (AvgIpc) is 2.65. The van der Waals surface area contributed by atoms with Crippen molar-refractivity contribution in [3.63, 3.8) is 0 Å². The average molecular weight is 354 g/mol. The van der Waals surface area contributed by atoms with Crippen molar-refractivity contribution in [3.05, 3.63) is 23.8 Å². The van der Waals surface area contributed by atoms with E-state index >= 15 is 0 Å². The van der Waals surface area contributed by atoms with Gasteiger partial charge in [-0.05, 0) is 18.2 Å². The molecule has 1 aromatic carbocycles. The molecule has 4 N–H and O–H groups in total. The molecule has 138 valence electrons. The smallest absolute Gasteiger partial charge is 0.250 e. The summed E-state index contributed by atoms with van der Waals surface area (Å²) < 4.78 is 15.9. The molecule has 25 heavy (non-hydrogen) atoms. The fourth-order valence-corrected chi connectivity index (χ4v) is 2.58. The zero-order chi connectivity index (χ0) is 18.4. The second-order valence-electron chi connectivity index (χ2n) is 5.60. The number of carbonyl (C=O) groups is 2. The van der Waals surface area contributed by atoms with Gasteiger partial charge in [0.25, 0.3) is 5.91 Å². The molecule has 2 rings (SSSR count). The normalized spacial score (nSPS) is 18.8. The molecule has 0 aliphatic carbocycles. The summed E-state index contributed by atoms with van der Waals surface area (Å²) in [7, 11) is 1.41. The van der Waals surface area contributed by atoms with E-state index < -0.39 is 24.3 Å². The Morgan fingerprint density at radius 3 is 2.68 bits per heavy atom. The van der Waals surface area contributed by atoms with Gasteiger partial charge in [-0.15, -0.1) is 0 Å². The van der Waals surface area contributed by atoms with Gasteiger partial charge in [-0.25, -0.2) is 0 Å². The lowest BCUT2D eigenvalue weighted by Crippen LogP contribution is -2.66. The fraction of sp³-hybridized carbons (Fsp3) is 0.500. The molecule has 0 saturated carbocycles. The molecule has 1 amide bonds. The number of aldehydes is 1. The van der Waals surface area contributed by atoms with E-state index in [1.54, 1.807) is 0 Å². The number of rotatable bonds is 8. The van der Waals surface area contributed by atoms with Gasteiger partial charge in [-0.1, -0.05) is 0 Å². The number of amides is 1. The molecule has 2 unspecified atom stereocenters. The number of nitrogens with zero attached hydrogens (tertiary/aromatic N) is 1. The Bertz CT molecular complexity index is 619. The van der Waals surface area contributed by atoms with Crippen molar-refractivity contribution < 1.29 is 34.0 Å². The van der Waals surface area contributed by atoms with Gasteiger partial charge in [0.2, 0.25) is 0 Å². The number of carbonyl (C=O) groups excluding carboxylic acids is 2. The maximum Gasteiger partial charge on any atom is 0.250 e. The minimum Gasteiger partial charge on any atom is -0.493 e. The minimum atomic E-state index is -2.02. The van der Waals surface area contributed by atoms with Crippen LogP contribution in [0, 0.1) is 0 Å². The topological polar surface area (TPSA) is 132 Å². The fourth-order valence-electron chi connectivity index (χ4n) is 2.58. The molecule has 1 heterocycles. The third kappa shape index (κ3) is 4.26. The predicted molar refractivity (Wildman–Crippen MR) is 86.4 cm³/mol. The second-order valence-corrected chi connectivity index (χ2v) is 5.60. The van der Waals surface area contributed by atoms with Crippen molar-refractivity contribution in [3.8, 4) is 11.5 Å². The van der Waals surface area contributed by atoms with Gasteiger partial charge in [0.05, 0.1) is 20.3 Å². The van der Waals surface area contributed by atoms with Crippen LogP contribution < -0.4 is 15.2 Å². The summed E-state index contributed by atoms with van der Waals surface area (Å²) in [4.78, 5) is 23.8. The van der Waals surface area contributed by atoms with Crippen molar-refractivity contribution in [1.82, 2.24) is 4.90 Å². The summed E-state index contributed by atoms with van der Waals surface area (Å²) in [6, 6.07) is 4.49. The minimum absolute atomic E-state index is 0.247. The predicted octanol–water partition coefficient (Wildman–Crippen LogP) is -1.25.